The van der Waals surface area contributed by atoms with Crippen LogP contribution >= 0.6 is 0 Å². The molecule has 29 heavy (non-hydrogen) atoms. The number of imidazole rings is 1. The van der Waals surface area contributed by atoms with Crippen molar-refractivity contribution in [3.63, 3.8) is 0 Å². The van der Waals surface area contributed by atoms with Crippen LogP contribution in [0.1, 0.15) is 46.1 Å². The summed E-state index contributed by atoms with van der Waals surface area (Å²) in [6.45, 7) is 4.39. The molecule has 0 bridgehead atoms. The molecule has 8 heteroatoms. The van der Waals surface area contributed by atoms with Gasteiger partial charge in [0.15, 0.2) is 5.82 Å². The van der Waals surface area contributed by atoms with Crippen molar-refractivity contribution in [3.05, 3.63) is 59.3 Å². The van der Waals surface area contributed by atoms with Crippen LogP contribution in [-0.4, -0.2) is 54.1 Å². The molecule has 1 aliphatic heterocycles. The zero-order valence-electron chi connectivity index (χ0n) is 16.2. The first-order valence-corrected chi connectivity index (χ1v) is 9.61. The Morgan fingerprint density at radius 1 is 1.24 bits per heavy atom. The van der Waals surface area contributed by atoms with Crippen molar-refractivity contribution in [3.8, 4) is 17.3 Å². The first-order chi connectivity index (χ1) is 14.0. The van der Waals surface area contributed by atoms with Crippen LogP contribution in [0, 0.1) is 6.92 Å². The molecule has 150 valence electrons. The van der Waals surface area contributed by atoms with Crippen LogP contribution in [0.25, 0.3) is 11.5 Å². The lowest BCUT2D eigenvalue weighted by molar-refractivity contribution is 0.0693. The van der Waals surface area contributed by atoms with Gasteiger partial charge in [0.25, 0.3) is 0 Å². The molecule has 3 heterocycles. The van der Waals surface area contributed by atoms with E-state index in [4.69, 9.17) is 10.1 Å². The van der Waals surface area contributed by atoms with E-state index in [-0.39, 0.29) is 11.3 Å². The number of carboxylic acids is 1. The number of rotatable bonds is 5. The van der Waals surface area contributed by atoms with Gasteiger partial charge in [0.05, 0.1) is 11.9 Å². The zero-order chi connectivity index (χ0) is 20.4. The molecule has 0 radical (unpaired) electrons. The number of piperidine rings is 1. The molecule has 1 saturated heterocycles. The Morgan fingerprint density at radius 2 is 2.03 bits per heavy atom. The Labute approximate surface area is 168 Å². The Kier molecular flexibility index (Phi) is 5.26. The quantitative estimate of drug-likeness (QED) is 0.610. The lowest BCUT2D eigenvalue weighted by Crippen LogP contribution is -2.32. The van der Waals surface area contributed by atoms with E-state index in [1.165, 1.54) is 6.07 Å². The van der Waals surface area contributed by atoms with Gasteiger partial charge in [0.2, 0.25) is 0 Å². The average molecular weight is 393 g/mol. The van der Waals surface area contributed by atoms with Crippen LogP contribution in [0.4, 0.5) is 0 Å². The van der Waals surface area contributed by atoms with Crippen molar-refractivity contribution in [2.45, 2.75) is 32.2 Å². The molecule has 2 aromatic heterocycles. The van der Waals surface area contributed by atoms with E-state index in [0.29, 0.717) is 12.5 Å². The van der Waals surface area contributed by atoms with E-state index in [9.17, 15) is 9.90 Å². The number of aromatic nitrogens is 4. The highest BCUT2D eigenvalue weighted by molar-refractivity contribution is 5.90. The van der Waals surface area contributed by atoms with Gasteiger partial charge in [-0.2, -0.15) is 0 Å². The third-order valence-electron chi connectivity index (χ3n) is 5.30. The first kappa shape index (κ1) is 19.1. The third kappa shape index (κ3) is 4.27. The van der Waals surface area contributed by atoms with Crippen molar-refractivity contribution < 1.29 is 15.0 Å². The van der Waals surface area contributed by atoms with Gasteiger partial charge in [-0.15, -0.1) is 0 Å². The number of carbonyl (C=O) groups is 1. The highest BCUT2D eigenvalue weighted by Gasteiger charge is 2.23. The van der Waals surface area contributed by atoms with Gasteiger partial charge in [0, 0.05) is 30.6 Å². The summed E-state index contributed by atoms with van der Waals surface area (Å²) in [5, 5.41) is 18.8. The molecular weight excluding hydrogens is 370 g/mol. The number of nitrogens with one attached hydrogen (secondary N) is 1. The number of aryl methyl sites for hydroxylation is 1. The molecule has 8 nitrogen and oxygen atoms in total. The molecule has 0 atom stereocenters. The van der Waals surface area contributed by atoms with Crippen molar-refractivity contribution >= 4 is 5.97 Å². The standard InChI is InChI=1S/C21H23N5O3/c1-13-9-23-20(24-13)18-11-22-10-17(25-18)15-4-6-26(7-5-15)12-14-2-3-19(27)16(8-14)21(28)29/h2-3,8-11,15,27H,4-7,12H2,1H3,(H,23,24)(H,28,29). The second-order valence-corrected chi connectivity index (χ2v) is 7.45. The highest BCUT2D eigenvalue weighted by atomic mass is 16.4. The van der Waals surface area contributed by atoms with Gasteiger partial charge in [-0.25, -0.2) is 14.8 Å². The third-order valence-corrected chi connectivity index (χ3v) is 5.30. The fraction of sp³-hybridized carbons (Fsp3) is 0.333. The summed E-state index contributed by atoms with van der Waals surface area (Å²) in [5.41, 5.74) is 3.55. The van der Waals surface area contributed by atoms with Crippen LogP contribution in [0.15, 0.2) is 36.8 Å². The maximum atomic E-state index is 11.2. The SMILES string of the molecule is Cc1cnc(-c2cncc(C3CCN(Cc4ccc(O)c(C(=O)O)c4)CC3)n2)[nH]1. The largest absolute Gasteiger partial charge is 0.507 e. The van der Waals surface area contributed by atoms with Crippen LogP contribution in [0.2, 0.25) is 0 Å². The fourth-order valence-corrected chi connectivity index (χ4v) is 3.73. The van der Waals surface area contributed by atoms with E-state index in [0.717, 1.165) is 54.4 Å². The second-order valence-electron chi connectivity index (χ2n) is 7.45. The van der Waals surface area contributed by atoms with Gasteiger partial charge < -0.3 is 15.2 Å². The van der Waals surface area contributed by atoms with E-state index < -0.39 is 5.97 Å². The van der Waals surface area contributed by atoms with E-state index in [1.54, 1.807) is 24.5 Å². The molecule has 3 N–H and O–H groups in total. The minimum absolute atomic E-state index is 0.0577. The predicted octanol–water partition coefficient (Wildman–Crippen LogP) is 2.96. The zero-order valence-corrected chi connectivity index (χ0v) is 16.2. The molecule has 1 aromatic carbocycles. The van der Waals surface area contributed by atoms with Crippen molar-refractivity contribution in [1.29, 1.82) is 0 Å². The number of carboxylic acid groups (broad SMARTS) is 1. The number of hydrogen-bond acceptors (Lipinski definition) is 6. The van der Waals surface area contributed by atoms with E-state index in [2.05, 4.69) is 19.9 Å². The summed E-state index contributed by atoms with van der Waals surface area (Å²) in [7, 11) is 0. The van der Waals surface area contributed by atoms with E-state index in [1.807, 2.05) is 13.1 Å². The molecule has 0 amide bonds. The molecule has 0 saturated carbocycles. The Hall–Kier alpha value is -3.26. The summed E-state index contributed by atoms with van der Waals surface area (Å²) in [4.78, 5) is 30.1. The van der Waals surface area contributed by atoms with Gasteiger partial charge >= 0.3 is 5.97 Å². The summed E-state index contributed by atoms with van der Waals surface area (Å²) in [6.07, 6.45) is 7.25. The lowest BCUT2D eigenvalue weighted by atomic mass is 9.93. The smallest absolute Gasteiger partial charge is 0.339 e. The van der Waals surface area contributed by atoms with Gasteiger partial charge in [-0.3, -0.25) is 9.88 Å². The molecule has 4 rings (SSSR count). The molecule has 3 aromatic rings. The van der Waals surface area contributed by atoms with Crippen molar-refractivity contribution in [1.82, 2.24) is 24.8 Å². The maximum Gasteiger partial charge on any atom is 0.339 e. The second kappa shape index (κ2) is 8.00. The number of aromatic carboxylic acids is 1. The van der Waals surface area contributed by atoms with Gasteiger partial charge in [0.1, 0.15) is 17.0 Å². The summed E-state index contributed by atoms with van der Waals surface area (Å²) in [6, 6.07) is 4.77. The number of aromatic hydroxyl groups is 1. The number of likely N-dealkylation sites (tertiary alicyclic amines) is 1. The molecule has 0 spiro atoms. The molecule has 1 aliphatic rings. The number of aromatic amines is 1. The Bertz CT molecular complexity index is 1020. The predicted molar refractivity (Wildman–Crippen MR) is 107 cm³/mol. The van der Waals surface area contributed by atoms with Crippen LogP contribution in [-0.2, 0) is 6.54 Å². The number of phenols is 1. The van der Waals surface area contributed by atoms with Crippen molar-refractivity contribution in [2.24, 2.45) is 0 Å². The topological polar surface area (TPSA) is 115 Å². The minimum Gasteiger partial charge on any atom is -0.507 e. The number of hydrogen-bond donors (Lipinski definition) is 3. The molecule has 1 fully saturated rings. The van der Waals surface area contributed by atoms with Crippen LogP contribution in [0.5, 0.6) is 5.75 Å². The summed E-state index contributed by atoms with van der Waals surface area (Å²) in [5.74, 6) is -0.251. The highest BCUT2D eigenvalue weighted by Crippen LogP contribution is 2.28. The van der Waals surface area contributed by atoms with E-state index >= 15 is 0 Å². The summed E-state index contributed by atoms with van der Waals surface area (Å²) < 4.78 is 0. The Morgan fingerprint density at radius 3 is 2.72 bits per heavy atom. The first-order valence-electron chi connectivity index (χ1n) is 9.61. The number of nitrogens with zero attached hydrogens (tertiary/aromatic N) is 4. The summed E-state index contributed by atoms with van der Waals surface area (Å²) >= 11 is 0. The van der Waals surface area contributed by atoms with Gasteiger partial charge in [-0.1, -0.05) is 6.07 Å². The maximum absolute atomic E-state index is 11.2. The van der Waals surface area contributed by atoms with Crippen molar-refractivity contribution in [2.75, 3.05) is 13.1 Å². The molecular formula is C21H23N5O3. The number of benzene rings is 1. The fourth-order valence-electron chi connectivity index (χ4n) is 3.73. The monoisotopic (exact) mass is 393 g/mol. The van der Waals surface area contributed by atoms with Gasteiger partial charge in [-0.05, 0) is 50.6 Å². The molecule has 0 unspecified atom stereocenters. The minimum atomic E-state index is -1.12. The average Bonchev–Trinajstić information content (AvgIpc) is 3.16. The Balaban J connectivity index is 1.40. The lowest BCUT2D eigenvalue weighted by Gasteiger charge is -2.31. The normalized spacial score (nSPS) is 15.5. The number of H-pyrrole nitrogens is 1. The van der Waals surface area contributed by atoms with Crippen LogP contribution in [0.3, 0.4) is 0 Å². The van der Waals surface area contributed by atoms with Crippen LogP contribution < -0.4 is 0 Å². The molecule has 0 aliphatic carbocycles.